The maximum Gasteiger partial charge on any atom is 0.407 e. The Morgan fingerprint density at radius 1 is 0.676 bits per heavy atom. The molecule has 1 aliphatic carbocycles. The lowest BCUT2D eigenvalue weighted by Gasteiger charge is -2.43. The first-order chi connectivity index (χ1) is 68.5. The minimum Gasteiger partial charge on any atom is -0.460 e. The average Bonchev–Trinajstić information content (AvgIpc) is 1.59. The molecule has 4 saturated heterocycles. The Labute approximate surface area is 829 Å². The predicted molar refractivity (Wildman–Crippen MR) is 529 cm³/mol. The first-order valence-corrected chi connectivity index (χ1v) is 50.0. The van der Waals surface area contributed by atoms with Crippen LogP contribution >= 0.6 is 0 Å². The molecule has 2 unspecified atom stereocenters. The van der Waals surface area contributed by atoms with Crippen LogP contribution in [-0.2, 0) is 97.5 Å². The zero-order chi connectivity index (χ0) is 101. The second-order valence-electron chi connectivity index (χ2n) is 38.9. The molecular formula is C103H141N19O20. The number of benzene rings is 2. The van der Waals surface area contributed by atoms with E-state index in [4.69, 9.17) is 63.6 Å². The Kier molecular flexibility index (Phi) is 37.4. The molecule has 0 radical (unpaired) electrons. The molecule has 0 spiro atoms. The number of esters is 1. The van der Waals surface area contributed by atoms with Crippen LogP contribution in [0.5, 0.6) is 0 Å². The van der Waals surface area contributed by atoms with Gasteiger partial charge in [0, 0.05) is 187 Å². The number of aliphatic hydroxyl groups excluding tert-OH is 1. The number of nitrogen functional groups attached to an aromatic ring is 2. The normalized spacial score (nSPS) is 27.3. The fourth-order valence-corrected chi connectivity index (χ4v) is 20.5. The number of ether oxygens (including phenoxy) is 9. The number of aliphatic hydroxyl groups is 2. The summed E-state index contributed by atoms with van der Waals surface area (Å²) in [5, 5.41) is 35.4. The van der Waals surface area contributed by atoms with E-state index in [1.165, 1.54) is 30.7 Å². The van der Waals surface area contributed by atoms with Crippen LogP contribution in [0.4, 0.5) is 28.5 Å². The number of oxazole rings is 1. The van der Waals surface area contributed by atoms with Gasteiger partial charge < -0.3 is 104 Å². The highest BCUT2D eigenvalue weighted by atomic mass is 16.6. The van der Waals surface area contributed by atoms with Crippen molar-refractivity contribution in [3.63, 3.8) is 0 Å². The number of amides is 5. The molecule has 2 bridgehead atoms. The molecule has 7 aliphatic rings. The molecule has 16 atom stereocenters. The van der Waals surface area contributed by atoms with Crippen LogP contribution in [0.1, 0.15) is 171 Å². The molecule has 142 heavy (non-hydrogen) atoms. The molecule has 6 aliphatic heterocycles. The van der Waals surface area contributed by atoms with Gasteiger partial charge in [-0.1, -0.05) is 89.3 Å². The Morgan fingerprint density at radius 3 is 2.12 bits per heavy atom. The van der Waals surface area contributed by atoms with Gasteiger partial charge in [0.25, 0.3) is 23.6 Å². The zero-order valence-corrected chi connectivity index (χ0v) is 83.6. The van der Waals surface area contributed by atoms with Crippen molar-refractivity contribution in [2.75, 3.05) is 155 Å². The number of allylic oxidation sites excluding steroid dienone is 5. The van der Waals surface area contributed by atoms with Gasteiger partial charge in [0.15, 0.2) is 17.0 Å². The third-order valence-corrected chi connectivity index (χ3v) is 29.0. The lowest BCUT2D eigenvalue weighted by atomic mass is 9.78. The molecule has 5 amide bonds. The Bertz CT molecular complexity index is 5600. The number of Topliss-reactive ketones (excluding diaryl/α,β-unsaturated/α-hetero) is 2. The van der Waals surface area contributed by atoms with Crippen molar-refractivity contribution in [3.05, 3.63) is 143 Å². The maximum atomic E-state index is 15.0. The number of cyclic esters (lactones) is 1. The summed E-state index contributed by atoms with van der Waals surface area (Å²) in [4.78, 5) is 154. The van der Waals surface area contributed by atoms with Crippen LogP contribution in [0.2, 0.25) is 0 Å². The first kappa shape index (κ1) is 106. The van der Waals surface area contributed by atoms with E-state index in [9.17, 15) is 43.8 Å². The van der Waals surface area contributed by atoms with Crippen LogP contribution in [0.3, 0.4) is 0 Å². The maximum absolute atomic E-state index is 15.0. The molecule has 7 aromatic rings. The van der Waals surface area contributed by atoms with Crippen LogP contribution in [0.15, 0.2) is 120 Å². The number of rotatable bonds is 28. The standard InChI is InChI=1S/C103H141N19O20/c1-63-17-13-12-14-18-64(2)82(133-8)53-77-25-20-69(7)103(132,142-77)93(127)97(129)121-32-16-15-19-79(121)98(130)139-84(54-83(134-9)65(3)48-68(6)91(126)92(136-11)90(125)67(5)47-63)66(4)49-70-22-26-81(85(51-70)135-10)141-102(131)111-57-72-55-107-100(108-56-72)119-40-38-117(39-41-119)86(123)29-44-138-46-42-116-34-36-118(37-35-116)101-109-58-76(59-110-101)96(128)106-31-45-137-43-30-87(124)120-33-28-73-50-71(21-23-75(73)61-120)60-122-95-88(94(104)112-62-113-95)89(115-122)74-24-27-80-78(52-74)114-99(105)140-80/h12-14,17-18,21,23-24,27,48,50,52,55-56,58-59,62-63,65-67,69-70,77,79,81-85,91-92,126,132H,15-16,19-20,22,25-26,28-47,49,51,53-54,57,60-61H2,1-11H3,(H2,105,114)(H,106,128)(H,111,131)(H2,104,112,113)/b14-12+,17-13+,64-18+,68-48+/t63-,65-,66-,67?,69-,70?,77+,79+,81-,82+,83-,84+,85-,91-,92+,103-/m1/s1. The molecule has 39 heteroatoms. The molecule has 768 valence electrons. The highest BCUT2D eigenvalue weighted by molar-refractivity contribution is 6.39. The van der Waals surface area contributed by atoms with Crippen LogP contribution in [-0.4, -0.2) is 316 Å². The zero-order valence-electron chi connectivity index (χ0n) is 83.6. The van der Waals surface area contributed by atoms with Crippen molar-refractivity contribution >= 4 is 93.1 Å². The summed E-state index contributed by atoms with van der Waals surface area (Å²) >= 11 is 0. The molecule has 1 saturated carbocycles. The minimum atomic E-state index is -2.47. The molecule has 11 heterocycles. The van der Waals surface area contributed by atoms with Crippen molar-refractivity contribution in [1.82, 2.24) is 74.9 Å². The van der Waals surface area contributed by atoms with E-state index < -0.39 is 102 Å². The third kappa shape index (κ3) is 27.1. The molecule has 5 fully saturated rings. The second-order valence-corrected chi connectivity index (χ2v) is 38.9. The molecular weight excluding hydrogens is 1820 g/mol. The summed E-state index contributed by atoms with van der Waals surface area (Å²) in [5.41, 5.74) is 20.9. The van der Waals surface area contributed by atoms with Crippen molar-refractivity contribution in [2.24, 2.45) is 35.5 Å². The van der Waals surface area contributed by atoms with Crippen molar-refractivity contribution in [2.45, 2.75) is 225 Å². The lowest BCUT2D eigenvalue weighted by Crippen LogP contribution is -2.61. The number of aromatic nitrogens is 9. The number of fused-ring (bicyclic) bond motifs is 6. The van der Waals surface area contributed by atoms with Crippen molar-refractivity contribution in [3.8, 4) is 11.3 Å². The van der Waals surface area contributed by atoms with Gasteiger partial charge in [-0.05, 0) is 148 Å². The van der Waals surface area contributed by atoms with Gasteiger partial charge in [0.1, 0.15) is 53.8 Å². The number of carbonyl (C=O) groups is 8. The molecule has 2 aromatic carbocycles. The molecule has 39 nitrogen and oxygen atoms in total. The van der Waals surface area contributed by atoms with E-state index in [0.717, 1.165) is 40.9 Å². The summed E-state index contributed by atoms with van der Waals surface area (Å²) in [7, 11) is 6.14. The number of methoxy groups -OCH3 is 4. The summed E-state index contributed by atoms with van der Waals surface area (Å²) in [5.74, 6) is -6.45. The number of piperidine rings is 1. The second kappa shape index (κ2) is 50.0. The lowest BCUT2D eigenvalue weighted by molar-refractivity contribution is -0.265. The van der Waals surface area contributed by atoms with Gasteiger partial charge in [0.05, 0.1) is 81.2 Å². The van der Waals surface area contributed by atoms with Gasteiger partial charge >= 0.3 is 12.1 Å². The third-order valence-electron chi connectivity index (χ3n) is 29.0. The number of piperazine rings is 2. The monoisotopic (exact) mass is 1960 g/mol. The highest BCUT2D eigenvalue weighted by Gasteiger charge is 2.54. The van der Waals surface area contributed by atoms with Gasteiger partial charge in [-0.3, -0.25) is 33.7 Å². The number of nitrogens with zero attached hydrogens (tertiary/aromatic N) is 15. The fourth-order valence-electron chi connectivity index (χ4n) is 20.5. The van der Waals surface area contributed by atoms with E-state index in [0.29, 0.717) is 212 Å². The Morgan fingerprint density at radius 2 is 1.39 bits per heavy atom. The number of nitrogens with two attached hydrogens (primary N) is 2. The van der Waals surface area contributed by atoms with Crippen LogP contribution in [0.25, 0.3) is 33.4 Å². The summed E-state index contributed by atoms with van der Waals surface area (Å²) < 4.78 is 61.9. The highest BCUT2D eigenvalue weighted by Crippen LogP contribution is 2.41. The van der Waals surface area contributed by atoms with E-state index in [1.54, 1.807) is 53.6 Å². The van der Waals surface area contributed by atoms with Crippen LogP contribution in [0, 0.1) is 35.5 Å². The first-order valence-electron chi connectivity index (χ1n) is 50.0. The van der Waals surface area contributed by atoms with E-state index in [-0.39, 0.29) is 106 Å². The number of ketones is 2. The largest absolute Gasteiger partial charge is 0.460 e. The number of alkyl carbamates (subject to hydrolysis) is 1. The van der Waals surface area contributed by atoms with Gasteiger partial charge in [-0.15, -0.1) is 0 Å². The number of anilines is 4. The van der Waals surface area contributed by atoms with E-state index in [2.05, 4.69) is 67.5 Å². The number of nitrogens with one attached hydrogen (secondary N) is 2. The molecule has 5 aromatic heterocycles. The quantitative estimate of drug-likeness (QED) is 0.0115. The van der Waals surface area contributed by atoms with Crippen molar-refractivity contribution < 1.29 is 95.6 Å². The van der Waals surface area contributed by atoms with E-state index in [1.807, 2.05) is 109 Å². The van der Waals surface area contributed by atoms with Gasteiger partial charge in [-0.25, -0.2) is 44.2 Å². The average molecular weight is 1970 g/mol. The topological polar surface area (TPSA) is 477 Å². The smallest absolute Gasteiger partial charge is 0.407 e. The molecule has 8 N–H and O–H groups in total. The summed E-state index contributed by atoms with van der Waals surface area (Å²) in [6, 6.07) is 10.7. The molecule has 14 rings (SSSR count). The van der Waals surface area contributed by atoms with Gasteiger partial charge in [0.2, 0.25) is 29.5 Å². The predicted octanol–water partition coefficient (Wildman–Crippen LogP) is 8.90. The van der Waals surface area contributed by atoms with E-state index >= 15 is 4.79 Å². The number of hydrogen-bond acceptors (Lipinski definition) is 33. The summed E-state index contributed by atoms with van der Waals surface area (Å²) in [6.45, 7) is 21.9. The van der Waals surface area contributed by atoms with Crippen LogP contribution < -0.4 is 31.9 Å². The minimum absolute atomic E-state index is 0.000287. The SMILES string of the molecule is CO[C@H]1C[C@@H]2CC[C@@H](C)[C@@](O)(O2)C(=O)C(=O)N2CCCC[C@H]2C(=O)O[C@H]([C@H](C)CC2CC[C@@H](OC(=O)NCc3cnc(N4CCN(C(=O)CCOCCN5CCN(c6ncc(C(=O)NCCOCCC(=O)N7CCc8cc(Cn9nc(-c%10ccc%11oc(N)nc%11c%10)c%10c(N)ncnc%109)ccc8C7)cn6)CC5)CC4)nc3)[C@H](OC)C2)C[C@@H](OC)[C@H](C)/C=C(\C)[C@@H](O)[C@@H](OC)C(=O)C(C)C[C@H](C)/C=C/C=C/C=C/1C. The summed E-state index contributed by atoms with van der Waals surface area (Å²) in [6.07, 6.45) is 19.1. The van der Waals surface area contributed by atoms with Crippen molar-refractivity contribution in [1.29, 1.82) is 0 Å². The number of hydrogen-bond donors (Lipinski definition) is 6. The fraction of sp³-hybridized carbons (Fsp3) is 0.592. The number of carbonyl (C=O) groups excluding carboxylic acids is 8. The Balaban J connectivity index is 0.471. The van der Waals surface area contributed by atoms with Gasteiger partial charge in [-0.2, -0.15) is 10.1 Å². The Hall–Kier alpha value is -11.7.